The lowest BCUT2D eigenvalue weighted by atomic mass is 9.68. The first-order valence-corrected chi connectivity index (χ1v) is 7.59. The Kier molecular flexibility index (Phi) is 2.97. The van der Waals surface area contributed by atoms with Crippen LogP contribution in [-0.2, 0) is 0 Å². The van der Waals surface area contributed by atoms with Gasteiger partial charge in [0, 0.05) is 24.5 Å². The van der Waals surface area contributed by atoms with Gasteiger partial charge in [0.05, 0.1) is 0 Å². The zero-order chi connectivity index (χ0) is 13.7. The number of pyridine rings is 1. The predicted molar refractivity (Wildman–Crippen MR) is 78.8 cm³/mol. The Balaban J connectivity index is 1.80. The van der Waals surface area contributed by atoms with Crippen molar-refractivity contribution in [2.24, 2.45) is 16.7 Å². The molecule has 0 saturated heterocycles. The monoisotopic (exact) mass is 258 g/mol. The van der Waals surface area contributed by atoms with E-state index >= 15 is 0 Å². The first-order chi connectivity index (χ1) is 8.93. The van der Waals surface area contributed by atoms with Crippen molar-refractivity contribution in [2.45, 2.75) is 59.0 Å². The minimum Gasteiger partial charge on any atom is -0.306 e. The Morgan fingerprint density at radius 1 is 1.37 bits per heavy atom. The molecule has 2 fully saturated rings. The van der Waals surface area contributed by atoms with Crippen LogP contribution in [0.1, 0.15) is 58.6 Å². The van der Waals surface area contributed by atoms with Crippen LogP contribution in [0.25, 0.3) is 0 Å². The number of nitrogens with zero attached hydrogens (tertiary/aromatic N) is 1. The van der Waals surface area contributed by atoms with E-state index in [1.165, 1.54) is 24.8 Å². The second-order valence-electron chi connectivity index (χ2n) is 7.52. The Hall–Kier alpha value is -0.890. The van der Waals surface area contributed by atoms with Crippen LogP contribution in [0.15, 0.2) is 24.5 Å². The van der Waals surface area contributed by atoms with Crippen LogP contribution in [0.4, 0.5) is 0 Å². The lowest BCUT2D eigenvalue weighted by molar-refractivity contribution is 0.100. The second kappa shape index (κ2) is 4.31. The molecule has 1 aromatic heterocycles. The maximum Gasteiger partial charge on any atom is 0.0315 e. The fraction of sp³-hybridized carbons (Fsp3) is 0.706. The van der Waals surface area contributed by atoms with E-state index in [-0.39, 0.29) is 0 Å². The molecule has 2 bridgehead atoms. The fourth-order valence-corrected chi connectivity index (χ4v) is 4.70. The van der Waals surface area contributed by atoms with Gasteiger partial charge >= 0.3 is 0 Å². The van der Waals surface area contributed by atoms with Gasteiger partial charge in [0.15, 0.2) is 0 Å². The Morgan fingerprint density at radius 2 is 2.16 bits per heavy atom. The van der Waals surface area contributed by atoms with Crippen molar-refractivity contribution >= 4 is 0 Å². The summed E-state index contributed by atoms with van der Waals surface area (Å²) in [7, 11) is 0. The van der Waals surface area contributed by atoms with E-state index in [1.807, 2.05) is 18.5 Å². The van der Waals surface area contributed by atoms with Crippen molar-refractivity contribution in [3.8, 4) is 0 Å². The van der Waals surface area contributed by atoms with Gasteiger partial charge in [0.2, 0.25) is 0 Å². The lowest BCUT2D eigenvalue weighted by Gasteiger charge is -2.44. The smallest absolute Gasteiger partial charge is 0.0315 e. The summed E-state index contributed by atoms with van der Waals surface area (Å²) in [6, 6.07) is 5.21. The Bertz CT molecular complexity index is 449. The molecule has 3 rings (SSSR count). The minimum absolute atomic E-state index is 0.383. The van der Waals surface area contributed by atoms with Crippen molar-refractivity contribution in [2.75, 3.05) is 0 Å². The van der Waals surface area contributed by atoms with E-state index in [4.69, 9.17) is 0 Å². The van der Waals surface area contributed by atoms with Crippen LogP contribution >= 0.6 is 0 Å². The van der Waals surface area contributed by atoms with Crippen molar-refractivity contribution in [1.82, 2.24) is 10.3 Å². The molecule has 2 aliphatic carbocycles. The van der Waals surface area contributed by atoms with Crippen molar-refractivity contribution in [3.05, 3.63) is 30.1 Å². The third-order valence-electron chi connectivity index (χ3n) is 5.87. The Morgan fingerprint density at radius 3 is 2.74 bits per heavy atom. The zero-order valence-corrected chi connectivity index (χ0v) is 12.6. The topological polar surface area (TPSA) is 24.9 Å². The van der Waals surface area contributed by atoms with Crippen LogP contribution in [0.2, 0.25) is 0 Å². The minimum atomic E-state index is 0.383. The van der Waals surface area contributed by atoms with Gasteiger partial charge in [0.1, 0.15) is 0 Å². The number of fused-ring (bicyclic) bond motifs is 2. The van der Waals surface area contributed by atoms with Gasteiger partial charge in [-0.3, -0.25) is 4.98 Å². The molecule has 1 N–H and O–H groups in total. The SMILES string of the molecule is CC(NC1C2(C)CCC(C2)C1(C)C)c1cccnc1. The van der Waals surface area contributed by atoms with Crippen LogP contribution < -0.4 is 5.32 Å². The molecule has 2 nitrogen and oxygen atoms in total. The fourth-order valence-electron chi connectivity index (χ4n) is 4.70. The molecule has 0 aliphatic heterocycles. The predicted octanol–water partition coefficient (Wildman–Crippen LogP) is 3.95. The van der Waals surface area contributed by atoms with E-state index < -0.39 is 0 Å². The van der Waals surface area contributed by atoms with E-state index in [0.717, 1.165) is 5.92 Å². The molecule has 0 amide bonds. The molecular weight excluding hydrogens is 232 g/mol. The summed E-state index contributed by atoms with van der Waals surface area (Å²) >= 11 is 0. The highest BCUT2D eigenvalue weighted by Crippen LogP contribution is 2.62. The molecule has 2 heteroatoms. The van der Waals surface area contributed by atoms with Crippen LogP contribution in [0.3, 0.4) is 0 Å². The number of aromatic nitrogens is 1. The maximum absolute atomic E-state index is 4.24. The van der Waals surface area contributed by atoms with Gasteiger partial charge in [-0.2, -0.15) is 0 Å². The van der Waals surface area contributed by atoms with Gasteiger partial charge in [-0.05, 0) is 54.6 Å². The molecule has 0 radical (unpaired) electrons. The standard InChI is InChI=1S/C17H26N2/c1-12(13-6-5-9-18-11-13)19-15-16(2,3)14-7-8-17(15,4)10-14/h5-6,9,11-12,14-15,19H,7-8,10H2,1-4H3. The molecule has 4 atom stereocenters. The summed E-state index contributed by atoms with van der Waals surface area (Å²) in [5, 5.41) is 3.92. The van der Waals surface area contributed by atoms with Gasteiger partial charge in [0.25, 0.3) is 0 Å². The van der Waals surface area contributed by atoms with Gasteiger partial charge in [-0.15, -0.1) is 0 Å². The number of hydrogen-bond acceptors (Lipinski definition) is 2. The molecular formula is C17H26N2. The van der Waals surface area contributed by atoms with E-state index in [2.05, 4.69) is 44.1 Å². The summed E-state index contributed by atoms with van der Waals surface area (Å²) in [6.07, 6.45) is 8.04. The average molecular weight is 258 g/mol. The van der Waals surface area contributed by atoms with E-state index in [1.54, 1.807) is 0 Å². The normalized spacial score (nSPS) is 37.5. The summed E-state index contributed by atoms with van der Waals surface area (Å²) in [6.45, 7) is 9.66. The molecule has 1 aromatic rings. The molecule has 104 valence electrons. The molecule has 0 spiro atoms. The summed E-state index contributed by atoms with van der Waals surface area (Å²) < 4.78 is 0. The Labute approximate surface area is 117 Å². The highest BCUT2D eigenvalue weighted by Gasteiger charge is 2.59. The highest BCUT2D eigenvalue weighted by atomic mass is 15.0. The van der Waals surface area contributed by atoms with Crippen molar-refractivity contribution < 1.29 is 0 Å². The lowest BCUT2D eigenvalue weighted by Crippen LogP contribution is -2.50. The number of rotatable bonds is 3. The van der Waals surface area contributed by atoms with Crippen molar-refractivity contribution in [1.29, 1.82) is 0 Å². The summed E-state index contributed by atoms with van der Waals surface area (Å²) in [5.41, 5.74) is 2.21. The molecule has 0 aromatic carbocycles. The third-order valence-corrected chi connectivity index (χ3v) is 5.87. The van der Waals surface area contributed by atoms with Crippen molar-refractivity contribution in [3.63, 3.8) is 0 Å². The van der Waals surface area contributed by atoms with Gasteiger partial charge in [-0.1, -0.05) is 26.8 Å². The highest BCUT2D eigenvalue weighted by molar-refractivity contribution is 5.17. The van der Waals surface area contributed by atoms with Gasteiger partial charge < -0.3 is 5.32 Å². The van der Waals surface area contributed by atoms with E-state index in [0.29, 0.717) is 22.9 Å². The molecule has 1 heterocycles. The van der Waals surface area contributed by atoms with E-state index in [9.17, 15) is 0 Å². The number of hydrogen-bond donors (Lipinski definition) is 1. The van der Waals surface area contributed by atoms with Crippen LogP contribution in [0, 0.1) is 16.7 Å². The summed E-state index contributed by atoms with van der Waals surface area (Å²) in [5.74, 6) is 0.899. The molecule has 19 heavy (non-hydrogen) atoms. The van der Waals surface area contributed by atoms with Crippen LogP contribution in [0.5, 0.6) is 0 Å². The molecule has 2 aliphatic rings. The quantitative estimate of drug-likeness (QED) is 0.888. The first-order valence-electron chi connectivity index (χ1n) is 7.59. The summed E-state index contributed by atoms with van der Waals surface area (Å²) in [4.78, 5) is 4.24. The maximum atomic E-state index is 4.24. The number of nitrogens with one attached hydrogen (secondary N) is 1. The van der Waals surface area contributed by atoms with Gasteiger partial charge in [-0.25, -0.2) is 0 Å². The van der Waals surface area contributed by atoms with Crippen LogP contribution in [-0.4, -0.2) is 11.0 Å². The third kappa shape index (κ3) is 2.01. The molecule has 2 saturated carbocycles. The zero-order valence-electron chi connectivity index (χ0n) is 12.6. The average Bonchev–Trinajstić information content (AvgIpc) is 2.87. The second-order valence-corrected chi connectivity index (χ2v) is 7.52. The first kappa shape index (κ1) is 13.1. The largest absolute Gasteiger partial charge is 0.306 e. The molecule has 4 unspecified atom stereocenters.